The molecule has 4 nitrogen and oxygen atoms in total. The third-order valence-corrected chi connectivity index (χ3v) is 2.52. The summed E-state index contributed by atoms with van der Waals surface area (Å²) in [4.78, 5) is 23.6. The van der Waals surface area contributed by atoms with Crippen molar-refractivity contribution in [1.29, 1.82) is 0 Å². The van der Waals surface area contributed by atoms with Gasteiger partial charge in [0.25, 0.3) is 0 Å². The number of esters is 2. The lowest BCUT2D eigenvalue weighted by Gasteiger charge is -2.10. The van der Waals surface area contributed by atoms with Crippen LogP contribution in [0.3, 0.4) is 0 Å². The molecule has 2 aromatic carbocycles. The van der Waals surface area contributed by atoms with Gasteiger partial charge in [0.05, 0.1) is 0 Å². The van der Waals surface area contributed by atoms with Crippen LogP contribution < -0.4 is 9.47 Å². The average Bonchev–Trinajstić information content (AvgIpc) is 2.48. The van der Waals surface area contributed by atoms with E-state index in [1.54, 1.807) is 60.7 Å². The number of para-hydroxylation sites is 2. The van der Waals surface area contributed by atoms with E-state index in [1.165, 1.54) is 6.92 Å². The second-order valence-electron chi connectivity index (χ2n) is 4.03. The maximum Gasteiger partial charge on any atom is 0.330 e. The van der Waals surface area contributed by atoms with Crippen molar-refractivity contribution in [2.45, 2.75) is 6.92 Å². The second kappa shape index (κ2) is 6.52. The van der Waals surface area contributed by atoms with Gasteiger partial charge in [0.2, 0.25) is 0 Å². The van der Waals surface area contributed by atoms with Gasteiger partial charge >= 0.3 is 11.9 Å². The van der Waals surface area contributed by atoms with Crippen LogP contribution in [-0.4, -0.2) is 11.9 Å². The molecule has 4 heteroatoms. The molecule has 0 N–H and O–H groups in total. The van der Waals surface area contributed by atoms with Gasteiger partial charge in [0.15, 0.2) is 5.92 Å². The Morgan fingerprint density at radius 3 is 1.40 bits per heavy atom. The minimum atomic E-state index is -0.725. The van der Waals surface area contributed by atoms with E-state index in [4.69, 9.17) is 9.47 Å². The summed E-state index contributed by atoms with van der Waals surface area (Å²) in [5.41, 5.74) is 0. The maximum absolute atomic E-state index is 11.8. The Kier molecular flexibility index (Phi) is 4.50. The van der Waals surface area contributed by atoms with E-state index in [-0.39, 0.29) is 5.92 Å². The Bertz CT molecular complexity index is 524. The Morgan fingerprint density at radius 2 is 1.05 bits per heavy atom. The largest absolute Gasteiger partial charge is 0.426 e. The highest BCUT2D eigenvalue weighted by molar-refractivity contribution is 6.10. The molecule has 2 aromatic rings. The number of hydrogen-bond acceptors (Lipinski definition) is 4. The molecule has 20 heavy (non-hydrogen) atoms. The number of hydrogen-bond donors (Lipinski definition) is 0. The highest BCUT2D eigenvalue weighted by Crippen LogP contribution is 2.15. The molecule has 1 radical (unpaired) electrons. The molecule has 0 aliphatic carbocycles. The predicted molar refractivity (Wildman–Crippen MR) is 73.1 cm³/mol. The van der Waals surface area contributed by atoms with Gasteiger partial charge in [-0.15, -0.1) is 0 Å². The summed E-state index contributed by atoms with van der Waals surface area (Å²) >= 11 is 0. The first-order valence-electron chi connectivity index (χ1n) is 6.05. The molecular weight excluding hydrogens is 256 g/mol. The van der Waals surface area contributed by atoms with E-state index in [9.17, 15) is 9.59 Å². The van der Waals surface area contributed by atoms with Crippen LogP contribution in [0, 0.1) is 5.92 Å². The minimum Gasteiger partial charge on any atom is -0.426 e. The Labute approximate surface area is 116 Å². The van der Waals surface area contributed by atoms with Gasteiger partial charge in [-0.05, 0) is 31.2 Å². The third-order valence-electron chi connectivity index (χ3n) is 2.52. The first-order chi connectivity index (χ1) is 9.66. The summed E-state index contributed by atoms with van der Waals surface area (Å²) in [6, 6.07) is 17.1. The molecule has 0 saturated heterocycles. The predicted octanol–water partition coefficient (Wildman–Crippen LogP) is 2.79. The molecule has 0 aliphatic rings. The van der Waals surface area contributed by atoms with Crippen molar-refractivity contribution in [3.63, 3.8) is 0 Å². The number of benzene rings is 2. The quantitative estimate of drug-likeness (QED) is 0.486. The van der Waals surface area contributed by atoms with Crippen LogP contribution in [-0.2, 0) is 9.59 Å². The fourth-order valence-electron chi connectivity index (χ4n) is 1.43. The van der Waals surface area contributed by atoms with Crippen molar-refractivity contribution in [3.05, 3.63) is 66.6 Å². The number of carbonyl (C=O) groups excluding carboxylic acids is 2. The van der Waals surface area contributed by atoms with E-state index in [0.29, 0.717) is 11.5 Å². The molecular formula is C16H13O4. The summed E-state index contributed by atoms with van der Waals surface area (Å²) in [5.74, 6) is -0.805. The number of ether oxygens (including phenoxy) is 2. The maximum atomic E-state index is 11.8. The van der Waals surface area contributed by atoms with Crippen molar-refractivity contribution < 1.29 is 19.1 Å². The van der Waals surface area contributed by atoms with E-state index >= 15 is 0 Å². The van der Waals surface area contributed by atoms with Crippen LogP contribution in [0.25, 0.3) is 0 Å². The summed E-state index contributed by atoms with van der Waals surface area (Å²) in [6.45, 7) is 1.37. The van der Waals surface area contributed by atoms with Gasteiger partial charge in [-0.3, -0.25) is 9.59 Å². The lowest BCUT2D eigenvalue weighted by molar-refractivity contribution is -0.140. The molecule has 0 amide bonds. The van der Waals surface area contributed by atoms with Gasteiger partial charge in [0, 0.05) is 0 Å². The zero-order valence-corrected chi connectivity index (χ0v) is 10.9. The van der Waals surface area contributed by atoms with Gasteiger partial charge in [-0.1, -0.05) is 36.4 Å². The van der Waals surface area contributed by atoms with Crippen LogP contribution in [0.4, 0.5) is 0 Å². The van der Waals surface area contributed by atoms with E-state index in [2.05, 4.69) is 0 Å². The van der Waals surface area contributed by atoms with Crippen molar-refractivity contribution in [1.82, 2.24) is 0 Å². The summed E-state index contributed by atoms with van der Waals surface area (Å²) in [5, 5.41) is 0. The molecule has 0 saturated carbocycles. The van der Waals surface area contributed by atoms with Crippen molar-refractivity contribution in [2.75, 3.05) is 0 Å². The Hall–Kier alpha value is -2.62. The Balaban J connectivity index is 1.95. The first kappa shape index (κ1) is 13.8. The zero-order chi connectivity index (χ0) is 14.4. The van der Waals surface area contributed by atoms with Crippen LogP contribution in [0.15, 0.2) is 60.7 Å². The van der Waals surface area contributed by atoms with Crippen LogP contribution >= 0.6 is 0 Å². The van der Waals surface area contributed by atoms with Crippen LogP contribution in [0.2, 0.25) is 0 Å². The molecule has 0 atom stereocenters. The molecule has 0 aromatic heterocycles. The van der Waals surface area contributed by atoms with Crippen LogP contribution in [0.1, 0.15) is 6.92 Å². The zero-order valence-electron chi connectivity index (χ0n) is 10.9. The molecule has 0 bridgehead atoms. The molecule has 2 rings (SSSR count). The van der Waals surface area contributed by atoms with Crippen molar-refractivity contribution in [2.24, 2.45) is 0 Å². The summed E-state index contributed by atoms with van der Waals surface area (Å²) in [6.07, 6.45) is 0. The summed E-state index contributed by atoms with van der Waals surface area (Å²) < 4.78 is 10.1. The number of carbonyl (C=O) groups is 2. The minimum absolute atomic E-state index is 0.113. The normalized spacial score (nSPS) is 10.1. The fraction of sp³-hybridized carbons (Fsp3) is 0.0625. The van der Waals surface area contributed by atoms with Gasteiger partial charge in [-0.2, -0.15) is 0 Å². The summed E-state index contributed by atoms with van der Waals surface area (Å²) in [7, 11) is 0. The third kappa shape index (κ3) is 3.68. The molecule has 0 spiro atoms. The second-order valence-corrected chi connectivity index (χ2v) is 4.03. The van der Waals surface area contributed by atoms with Crippen molar-refractivity contribution >= 4 is 11.9 Å². The van der Waals surface area contributed by atoms with Crippen LogP contribution in [0.5, 0.6) is 11.5 Å². The monoisotopic (exact) mass is 269 g/mol. The van der Waals surface area contributed by atoms with Gasteiger partial charge in [0.1, 0.15) is 11.5 Å². The van der Waals surface area contributed by atoms with E-state index < -0.39 is 11.9 Å². The average molecular weight is 269 g/mol. The lowest BCUT2D eigenvalue weighted by atomic mass is 10.2. The lowest BCUT2D eigenvalue weighted by Crippen LogP contribution is -2.27. The van der Waals surface area contributed by atoms with Crippen molar-refractivity contribution in [3.8, 4) is 11.5 Å². The molecule has 0 unspecified atom stereocenters. The molecule has 0 aliphatic heterocycles. The topological polar surface area (TPSA) is 52.6 Å². The number of rotatable bonds is 4. The van der Waals surface area contributed by atoms with Gasteiger partial charge in [-0.25, -0.2) is 0 Å². The SMILES string of the molecule is C[C](C(=O)Oc1ccccc1)C(=O)Oc1ccccc1. The highest BCUT2D eigenvalue weighted by atomic mass is 16.6. The highest BCUT2D eigenvalue weighted by Gasteiger charge is 2.27. The molecule has 0 fully saturated rings. The van der Waals surface area contributed by atoms with E-state index in [1.807, 2.05) is 0 Å². The first-order valence-corrected chi connectivity index (χ1v) is 6.05. The molecule has 101 valence electrons. The fourth-order valence-corrected chi connectivity index (χ4v) is 1.43. The van der Waals surface area contributed by atoms with E-state index in [0.717, 1.165) is 0 Å². The standard InChI is InChI=1S/C16H13O4/c1-12(15(17)19-13-8-4-2-5-9-13)16(18)20-14-10-6-3-7-11-14/h2-11H,1H3. The molecule has 0 heterocycles. The van der Waals surface area contributed by atoms with Gasteiger partial charge < -0.3 is 9.47 Å². The smallest absolute Gasteiger partial charge is 0.330 e. The Morgan fingerprint density at radius 1 is 0.700 bits per heavy atom.